The number of nitrogens with zero attached hydrogens (tertiary/aromatic N) is 1. The fourth-order valence-electron chi connectivity index (χ4n) is 3.28. The average molecular weight is 570 g/mol. The molecule has 4 atom stereocenters. The molecule has 1 aromatic carbocycles. The second-order valence-corrected chi connectivity index (χ2v) is 8.93. The number of guanidine groups is 1. The smallest absolute Gasteiger partial charge is 0.326 e. The van der Waals surface area contributed by atoms with E-state index in [9.17, 15) is 34.2 Å². The Morgan fingerprint density at radius 1 is 0.872 bits per heavy atom. The molecule has 1 rings (SSSR count). The topological polar surface area (TPSA) is 273 Å². The lowest BCUT2D eigenvalue weighted by atomic mass is 10.0. The summed E-state index contributed by atoms with van der Waals surface area (Å²) in [6, 6.07) is 0.658. The van der Waals surface area contributed by atoms with Crippen LogP contribution in [-0.2, 0) is 30.4 Å². The number of carbonyl (C=O) groups excluding carboxylic acids is 3. The Kier molecular flexibility index (Phi) is 14.1. The normalized spacial score (nSPS) is 13.7. The Morgan fingerprint density at radius 3 is 1.92 bits per heavy atom. The number of nitrogens with two attached hydrogens (primary N) is 3. The summed E-state index contributed by atoms with van der Waals surface area (Å²) in [5.41, 5.74) is 16.8. The van der Waals surface area contributed by atoms with Gasteiger partial charge < -0.3 is 48.5 Å². The van der Waals surface area contributed by atoms with Crippen LogP contribution in [0, 0.1) is 0 Å². The van der Waals surface area contributed by atoms with Gasteiger partial charge in [0.1, 0.15) is 23.9 Å². The molecule has 39 heavy (non-hydrogen) atoms. The van der Waals surface area contributed by atoms with Gasteiger partial charge in [-0.25, -0.2) is 4.79 Å². The van der Waals surface area contributed by atoms with Crippen molar-refractivity contribution in [1.29, 1.82) is 0 Å². The van der Waals surface area contributed by atoms with Crippen molar-refractivity contribution in [1.82, 2.24) is 16.0 Å². The SMILES string of the molecule is NC(N)=NCCCC(NC(=O)C(CCC(=O)O)NC(=O)C(N)CS)C(=O)NC(Cc1ccc(O)cc1)C(=O)O. The van der Waals surface area contributed by atoms with Gasteiger partial charge in [0.05, 0.1) is 6.04 Å². The number of carbonyl (C=O) groups is 5. The van der Waals surface area contributed by atoms with Gasteiger partial charge in [-0.05, 0) is 37.0 Å². The lowest BCUT2D eigenvalue weighted by Crippen LogP contribution is -2.57. The summed E-state index contributed by atoms with van der Waals surface area (Å²) in [7, 11) is 0. The zero-order chi connectivity index (χ0) is 29.5. The number of benzene rings is 1. The molecule has 0 aromatic heterocycles. The van der Waals surface area contributed by atoms with Crippen LogP contribution in [0.25, 0.3) is 0 Å². The molecule has 12 N–H and O–H groups in total. The monoisotopic (exact) mass is 569 g/mol. The Hall–Kier alpha value is -4.05. The van der Waals surface area contributed by atoms with Crippen LogP contribution in [0.15, 0.2) is 29.3 Å². The van der Waals surface area contributed by atoms with Crippen molar-refractivity contribution in [2.24, 2.45) is 22.2 Å². The van der Waals surface area contributed by atoms with Crippen molar-refractivity contribution in [2.45, 2.75) is 56.3 Å². The van der Waals surface area contributed by atoms with E-state index in [1.807, 2.05) is 0 Å². The highest BCUT2D eigenvalue weighted by Crippen LogP contribution is 2.12. The van der Waals surface area contributed by atoms with Crippen LogP contribution in [0.4, 0.5) is 0 Å². The number of phenols is 1. The average Bonchev–Trinajstić information content (AvgIpc) is 2.87. The van der Waals surface area contributed by atoms with Crippen LogP contribution in [0.5, 0.6) is 5.75 Å². The fraction of sp³-hybridized carbons (Fsp3) is 0.478. The number of hydrogen-bond acceptors (Lipinski definition) is 9. The maximum Gasteiger partial charge on any atom is 0.326 e. The molecule has 0 fully saturated rings. The molecule has 16 heteroatoms. The molecule has 0 saturated heterocycles. The molecule has 0 aliphatic carbocycles. The number of amides is 3. The number of aromatic hydroxyl groups is 1. The van der Waals surface area contributed by atoms with Crippen LogP contribution in [-0.4, -0.2) is 87.4 Å². The molecule has 3 amide bonds. The quantitative estimate of drug-likeness (QED) is 0.0410. The third kappa shape index (κ3) is 12.8. The van der Waals surface area contributed by atoms with Gasteiger partial charge in [0.2, 0.25) is 17.7 Å². The van der Waals surface area contributed by atoms with E-state index in [1.54, 1.807) is 0 Å². The van der Waals surface area contributed by atoms with E-state index in [2.05, 4.69) is 33.6 Å². The van der Waals surface area contributed by atoms with Crippen molar-refractivity contribution in [3.8, 4) is 5.75 Å². The molecule has 0 bridgehead atoms. The van der Waals surface area contributed by atoms with E-state index in [0.29, 0.717) is 5.56 Å². The number of aliphatic imine (C=N–C) groups is 1. The Bertz CT molecular complexity index is 1030. The van der Waals surface area contributed by atoms with Crippen LogP contribution < -0.4 is 33.2 Å². The van der Waals surface area contributed by atoms with Gasteiger partial charge in [-0.3, -0.25) is 24.2 Å². The number of carboxylic acid groups (broad SMARTS) is 2. The summed E-state index contributed by atoms with van der Waals surface area (Å²) in [4.78, 5) is 65.1. The van der Waals surface area contributed by atoms with Crippen LogP contribution in [0.2, 0.25) is 0 Å². The molecule has 15 nitrogen and oxygen atoms in total. The second kappa shape index (κ2) is 16.7. The minimum Gasteiger partial charge on any atom is -0.508 e. The summed E-state index contributed by atoms with van der Waals surface area (Å²) in [6.45, 7) is 0.105. The Morgan fingerprint density at radius 2 is 1.41 bits per heavy atom. The summed E-state index contributed by atoms with van der Waals surface area (Å²) < 4.78 is 0. The molecular weight excluding hydrogens is 534 g/mol. The van der Waals surface area contributed by atoms with Gasteiger partial charge >= 0.3 is 11.9 Å². The molecule has 1 aromatic rings. The number of aliphatic carboxylic acids is 2. The highest BCUT2D eigenvalue weighted by molar-refractivity contribution is 7.80. The van der Waals surface area contributed by atoms with E-state index in [0.717, 1.165) is 0 Å². The van der Waals surface area contributed by atoms with Gasteiger partial charge in [-0.1, -0.05) is 12.1 Å². The summed E-state index contributed by atoms with van der Waals surface area (Å²) in [5.74, 6) is -5.25. The van der Waals surface area contributed by atoms with Crippen molar-refractivity contribution in [3.05, 3.63) is 29.8 Å². The van der Waals surface area contributed by atoms with E-state index in [1.165, 1.54) is 24.3 Å². The molecule has 0 radical (unpaired) electrons. The van der Waals surface area contributed by atoms with E-state index in [-0.39, 0.29) is 49.7 Å². The van der Waals surface area contributed by atoms with Gasteiger partial charge in [0.25, 0.3) is 0 Å². The minimum absolute atomic E-state index is 0.0157. The van der Waals surface area contributed by atoms with Crippen LogP contribution in [0.1, 0.15) is 31.2 Å². The predicted octanol–water partition coefficient (Wildman–Crippen LogP) is -2.35. The number of nitrogens with one attached hydrogen (secondary N) is 3. The van der Waals surface area contributed by atoms with Gasteiger partial charge in [0.15, 0.2) is 5.96 Å². The van der Waals surface area contributed by atoms with E-state index in [4.69, 9.17) is 22.3 Å². The second-order valence-electron chi connectivity index (χ2n) is 8.56. The maximum absolute atomic E-state index is 13.1. The van der Waals surface area contributed by atoms with Crippen molar-refractivity contribution < 1.29 is 39.3 Å². The highest BCUT2D eigenvalue weighted by Gasteiger charge is 2.30. The Balaban J connectivity index is 3.10. The zero-order valence-corrected chi connectivity index (χ0v) is 22.0. The molecule has 4 unspecified atom stereocenters. The first kappa shape index (κ1) is 33.0. The van der Waals surface area contributed by atoms with Crippen LogP contribution in [0.3, 0.4) is 0 Å². The summed E-state index contributed by atoms with van der Waals surface area (Å²) in [6.07, 6.45) is -0.691. The van der Waals surface area contributed by atoms with Crippen molar-refractivity contribution in [3.63, 3.8) is 0 Å². The molecular formula is C23H35N7O8S. The molecule has 0 aliphatic rings. The third-order valence-corrected chi connectivity index (χ3v) is 5.78. The highest BCUT2D eigenvalue weighted by atomic mass is 32.1. The lowest BCUT2D eigenvalue weighted by Gasteiger charge is -2.25. The molecule has 216 valence electrons. The van der Waals surface area contributed by atoms with Crippen LogP contribution >= 0.6 is 12.6 Å². The lowest BCUT2D eigenvalue weighted by molar-refractivity contribution is -0.142. The van der Waals surface area contributed by atoms with Crippen molar-refractivity contribution in [2.75, 3.05) is 12.3 Å². The van der Waals surface area contributed by atoms with Gasteiger partial charge in [0, 0.05) is 25.1 Å². The Labute approximate surface area is 230 Å². The number of thiol groups is 1. The predicted molar refractivity (Wildman–Crippen MR) is 144 cm³/mol. The molecule has 0 spiro atoms. The summed E-state index contributed by atoms with van der Waals surface area (Å²) >= 11 is 3.92. The minimum atomic E-state index is -1.38. The zero-order valence-electron chi connectivity index (χ0n) is 21.1. The van der Waals surface area contributed by atoms with Crippen molar-refractivity contribution >= 4 is 48.2 Å². The fourth-order valence-corrected chi connectivity index (χ4v) is 3.45. The summed E-state index contributed by atoms with van der Waals surface area (Å²) in [5, 5.41) is 35.3. The van der Waals surface area contributed by atoms with E-state index < -0.39 is 60.2 Å². The standard InChI is InChI=1S/C23H35N7O8S/c24-14(11-39)19(34)28-16(7-8-18(32)33)21(36)29-15(2-1-9-27-23(25)26)20(35)30-17(22(37)38)10-12-3-5-13(31)6-4-12/h3-6,14-17,31,39H,1-2,7-11,24H2,(H,28,34)(H,29,36)(H,30,35)(H,32,33)(H,37,38)(H4,25,26,27). The molecule has 0 aliphatic heterocycles. The largest absolute Gasteiger partial charge is 0.508 e. The van der Waals surface area contributed by atoms with Gasteiger partial charge in [-0.2, -0.15) is 12.6 Å². The number of phenolic OH excluding ortho intramolecular Hbond substituents is 1. The number of carboxylic acids is 2. The molecule has 0 heterocycles. The first-order chi connectivity index (χ1) is 18.3. The number of rotatable bonds is 17. The maximum atomic E-state index is 13.1. The first-order valence-corrected chi connectivity index (χ1v) is 12.5. The third-order valence-electron chi connectivity index (χ3n) is 5.38. The van der Waals surface area contributed by atoms with E-state index >= 15 is 0 Å². The first-order valence-electron chi connectivity index (χ1n) is 11.9. The molecule has 0 saturated carbocycles. The van der Waals surface area contributed by atoms with Gasteiger partial charge in [-0.15, -0.1) is 0 Å². The number of hydrogen-bond donors (Lipinski definition) is 10.